The van der Waals surface area contributed by atoms with Gasteiger partial charge in [0.15, 0.2) is 0 Å². The molecule has 1 aliphatic heterocycles. The van der Waals surface area contributed by atoms with E-state index in [2.05, 4.69) is 4.72 Å². The summed E-state index contributed by atoms with van der Waals surface area (Å²) in [5, 5.41) is 9.18. The zero-order valence-electron chi connectivity index (χ0n) is 12.2. The summed E-state index contributed by atoms with van der Waals surface area (Å²) in [7, 11) is -3.64. The molecular formula is C14H20N2O4S. The zero-order chi connectivity index (χ0) is 15.6. The molecule has 1 atom stereocenters. The molecule has 1 aromatic carbocycles. The highest BCUT2D eigenvalue weighted by Crippen LogP contribution is 2.29. The largest absolute Gasteiger partial charge is 0.392 e. The summed E-state index contributed by atoms with van der Waals surface area (Å²) in [6.45, 7) is 3.65. The van der Waals surface area contributed by atoms with E-state index in [1.807, 2.05) is 0 Å². The number of amides is 1. The molecule has 0 aromatic heterocycles. The Labute approximate surface area is 124 Å². The summed E-state index contributed by atoms with van der Waals surface area (Å²) in [4.78, 5) is 13.4. The molecular weight excluding hydrogens is 292 g/mol. The second kappa shape index (κ2) is 6.13. The quantitative estimate of drug-likeness (QED) is 0.854. The lowest BCUT2D eigenvalue weighted by Gasteiger charge is -2.28. The number of benzene rings is 1. The summed E-state index contributed by atoms with van der Waals surface area (Å²) in [5.74, 6) is -0.0428. The Kier molecular flexibility index (Phi) is 4.65. The van der Waals surface area contributed by atoms with Gasteiger partial charge < -0.3 is 10.0 Å². The Balaban J connectivity index is 2.31. The van der Waals surface area contributed by atoms with Gasteiger partial charge in [-0.25, -0.2) is 13.1 Å². The van der Waals surface area contributed by atoms with E-state index in [0.29, 0.717) is 6.54 Å². The summed E-state index contributed by atoms with van der Waals surface area (Å²) < 4.78 is 26.6. The summed E-state index contributed by atoms with van der Waals surface area (Å²) in [6.07, 6.45) is 0.821. The molecule has 6 nitrogen and oxygen atoms in total. The Bertz CT molecular complexity index is 640. The van der Waals surface area contributed by atoms with Crippen LogP contribution >= 0.6 is 0 Å². The smallest absolute Gasteiger partial charge is 0.240 e. The van der Waals surface area contributed by atoms with Gasteiger partial charge in [-0.1, -0.05) is 0 Å². The number of anilines is 1. The number of aryl methyl sites for hydroxylation is 1. The molecule has 2 N–H and O–H groups in total. The van der Waals surface area contributed by atoms with E-state index in [-0.39, 0.29) is 17.3 Å². The van der Waals surface area contributed by atoms with Crippen LogP contribution in [0.15, 0.2) is 23.1 Å². The van der Waals surface area contributed by atoms with Crippen LogP contribution in [0.5, 0.6) is 0 Å². The van der Waals surface area contributed by atoms with Gasteiger partial charge in [0.2, 0.25) is 15.9 Å². The maximum Gasteiger partial charge on any atom is 0.240 e. The summed E-state index contributed by atoms with van der Waals surface area (Å²) >= 11 is 0. The van der Waals surface area contributed by atoms with Gasteiger partial charge in [-0.3, -0.25) is 4.79 Å². The fourth-order valence-corrected chi connectivity index (χ4v) is 3.55. The van der Waals surface area contributed by atoms with Crippen molar-refractivity contribution in [3.05, 3.63) is 23.8 Å². The van der Waals surface area contributed by atoms with E-state index >= 15 is 0 Å². The van der Waals surface area contributed by atoms with Crippen molar-refractivity contribution in [3.63, 3.8) is 0 Å². The van der Waals surface area contributed by atoms with Crippen molar-refractivity contribution >= 4 is 21.6 Å². The van der Waals surface area contributed by atoms with Crippen molar-refractivity contribution in [1.29, 1.82) is 0 Å². The highest BCUT2D eigenvalue weighted by atomic mass is 32.2. The Morgan fingerprint density at radius 1 is 1.48 bits per heavy atom. The number of carbonyl (C=O) groups excluding carboxylic acids is 1. The maximum absolute atomic E-state index is 12.1. The van der Waals surface area contributed by atoms with E-state index in [1.165, 1.54) is 19.9 Å². The summed E-state index contributed by atoms with van der Waals surface area (Å²) in [5.41, 5.74) is 1.64. The molecule has 0 radical (unpaired) electrons. The van der Waals surface area contributed by atoms with Gasteiger partial charge in [-0.2, -0.15) is 0 Å². The number of sulfonamides is 1. The van der Waals surface area contributed by atoms with Crippen molar-refractivity contribution in [2.45, 2.75) is 37.7 Å². The molecule has 0 unspecified atom stereocenters. The second-order valence-electron chi connectivity index (χ2n) is 5.27. The van der Waals surface area contributed by atoms with Crippen molar-refractivity contribution in [2.24, 2.45) is 0 Å². The lowest BCUT2D eigenvalue weighted by atomic mass is 10.0. The van der Waals surface area contributed by atoms with E-state index in [1.54, 1.807) is 17.0 Å². The molecule has 0 fully saturated rings. The van der Waals surface area contributed by atoms with Crippen LogP contribution in [0.2, 0.25) is 0 Å². The highest BCUT2D eigenvalue weighted by Gasteiger charge is 2.23. The van der Waals surface area contributed by atoms with Crippen LogP contribution in [-0.4, -0.2) is 38.6 Å². The number of hydrogen-bond acceptors (Lipinski definition) is 4. The minimum atomic E-state index is -3.64. The number of aliphatic hydroxyl groups excluding tert-OH is 1. The predicted molar refractivity (Wildman–Crippen MR) is 79.7 cm³/mol. The van der Waals surface area contributed by atoms with Crippen LogP contribution in [0.4, 0.5) is 5.69 Å². The number of fused-ring (bicyclic) bond motifs is 1. The molecule has 0 aliphatic carbocycles. The zero-order valence-corrected chi connectivity index (χ0v) is 13.0. The van der Waals surface area contributed by atoms with Crippen molar-refractivity contribution < 1.29 is 18.3 Å². The molecule has 1 heterocycles. The Morgan fingerprint density at radius 2 is 2.19 bits per heavy atom. The van der Waals surface area contributed by atoms with Crippen molar-refractivity contribution in [1.82, 2.24) is 4.72 Å². The van der Waals surface area contributed by atoms with Crippen LogP contribution < -0.4 is 9.62 Å². The second-order valence-corrected chi connectivity index (χ2v) is 7.03. The average molecular weight is 312 g/mol. The molecule has 1 aliphatic rings. The van der Waals surface area contributed by atoms with Crippen LogP contribution in [0, 0.1) is 0 Å². The van der Waals surface area contributed by atoms with Crippen LogP contribution in [0.25, 0.3) is 0 Å². The van der Waals surface area contributed by atoms with E-state index in [4.69, 9.17) is 0 Å². The summed E-state index contributed by atoms with van der Waals surface area (Å²) in [6, 6.07) is 4.77. The van der Waals surface area contributed by atoms with E-state index in [9.17, 15) is 18.3 Å². The molecule has 2 rings (SSSR count). The van der Waals surface area contributed by atoms with E-state index in [0.717, 1.165) is 24.1 Å². The Hall–Kier alpha value is -1.44. The molecule has 7 heteroatoms. The number of nitrogens with zero attached hydrogens (tertiary/aromatic N) is 1. The third kappa shape index (κ3) is 3.61. The monoisotopic (exact) mass is 312 g/mol. The van der Waals surface area contributed by atoms with Gasteiger partial charge in [0, 0.05) is 25.7 Å². The van der Waals surface area contributed by atoms with Crippen molar-refractivity contribution in [2.75, 3.05) is 18.0 Å². The number of aliphatic hydroxyl groups is 1. The first kappa shape index (κ1) is 15.9. The number of nitrogens with one attached hydrogen (secondary N) is 1. The first-order valence-electron chi connectivity index (χ1n) is 6.90. The fourth-order valence-electron chi connectivity index (χ4n) is 2.38. The standard InChI is InChI=1S/C14H20N2O4S/c1-10(17)9-15-21(19,20)13-5-6-14-12(8-13)4-3-7-16(14)11(2)18/h5-6,8,10,15,17H,3-4,7,9H2,1-2H3/t10-/m1/s1. The van der Waals surface area contributed by atoms with Gasteiger partial charge in [0.25, 0.3) is 0 Å². The predicted octanol–water partition coefficient (Wildman–Crippen LogP) is 0.645. The van der Waals surface area contributed by atoms with E-state index < -0.39 is 16.1 Å². The lowest BCUT2D eigenvalue weighted by molar-refractivity contribution is -0.116. The van der Waals surface area contributed by atoms with Crippen LogP contribution in [0.3, 0.4) is 0 Å². The highest BCUT2D eigenvalue weighted by molar-refractivity contribution is 7.89. The van der Waals surface area contributed by atoms with Gasteiger partial charge in [-0.15, -0.1) is 0 Å². The first-order chi connectivity index (χ1) is 9.81. The van der Waals surface area contributed by atoms with Gasteiger partial charge >= 0.3 is 0 Å². The molecule has 0 saturated carbocycles. The Morgan fingerprint density at radius 3 is 2.81 bits per heavy atom. The maximum atomic E-state index is 12.1. The minimum Gasteiger partial charge on any atom is -0.392 e. The minimum absolute atomic E-state index is 0.0288. The molecule has 1 amide bonds. The first-order valence-corrected chi connectivity index (χ1v) is 8.38. The molecule has 1 aromatic rings. The third-order valence-electron chi connectivity index (χ3n) is 3.43. The van der Waals surface area contributed by atoms with Crippen LogP contribution in [-0.2, 0) is 21.2 Å². The molecule has 0 saturated heterocycles. The molecule has 0 spiro atoms. The van der Waals surface area contributed by atoms with Gasteiger partial charge in [-0.05, 0) is 43.5 Å². The van der Waals surface area contributed by atoms with Gasteiger partial charge in [0.05, 0.1) is 11.0 Å². The molecule has 0 bridgehead atoms. The topological polar surface area (TPSA) is 86.7 Å². The average Bonchev–Trinajstić information content (AvgIpc) is 2.43. The number of rotatable bonds is 4. The number of carbonyl (C=O) groups is 1. The van der Waals surface area contributed by atoms with Crippen molar-refractivity contribution in [3.8, 4) is 0 Å². The number of hydrogen-bond donors (Lipinski definition) is 2. The van der Waals surface area contributed by atoms with Gasteiger partial charge in [0.1, 0.15) is 0 Å². The molecule has 21 heavy (non-hydrogen) atoms. The fraction of sp³-hybridized carbons (Fsp3) is 0.500. The third-order valence-corrected chi connectivity index (χ3v) is 4.85. The SMILES string of the molecule is CC(=O)N1CCCc2cc(S(=O)(=O)NC[C@@H](C)O)ccc21. The lowest BCUT2D eigenvalue weighted by Crippen LogP contribution is -2.34. The molecule has 116 valence electrons. The van der Waals surface area contributed by atoms with Crippen LogP contribution in [0.1, 0.15) is 25.8 Å². The normalized spacial score (nSPS) is 16.4.